The first-order valence-electron chi connectivity index (χ1n) is 7.69. The van der Waals surface area contributed by atoms with Crippen LogP contribution in [0.25, 0.3) is 0 Å². The highest BCUT2D eigenvalue weighted by molar-refractivity contribution is 4.96. The molecule has 0 rings (SSSR count). The molecule has 0 bridgehead atoms. The summed E-state index contributed by atoms with van der Waals surface area (Å²) in [7, 11) is 0. The summed E-state index contributed by atoms with van der Waals surface area (Å²) in [6, 6.07) is 0. The Morgan fingerprint density at radius 2 is 1.44 bits per heavy atom. The van der Waals surface area contributed by atoms with Gasteiger partial charge in [-0.25, -0.2) is 0 Å². The molecule has 0 heterocycles. The molecule has 0 fully saturated rings. The van der Waals surface area contributed by atoms with E-state index in [4.69, 9.17) is 1.37 Å². The molecule has 0 aromatic rings. The minimum absolute atomic E-state index is 1.17. The van der Waals surface area contributed by atoms with E-state index in [1.165, 1.54) is 77.2 Å². The second kappa shape index (κ2) is 14.5. The second-order valence-corrected chi connectivity index (χ2v) is 4.59. The monoisotopic (exact) mass is 223 g/mol. The van der Waals surface area contributed by atoms with Crippen LogP contribution in [0.2, 0.25) is 0 Å². The molecule has 0 radical (unpaired) electrons. The van der Waals surface area contributed by atoms with Crippen molar-refractivity contribution in [1.29, 1.82) is 0 Å². The Balaban J connectivity index is 2.98. The Hall–Kier alpha value is -0.520. The molecule has 0 atom stereocenters. The van der Waals surface area contributed by atoms with E-state index in [-0.39, 0.29) is 0 Å². The van der Waals surface area contributed by atoms with Crippen molar-refractivity contribution in [3.63, 3.8) is 0 Å². The first-order chi connectivity index (χ1) is 8.41. The standard InChI is InChI=1S/C16H30/c1-3-5-7-9-11-13-15-16-14-12-10-8-6-4-2/h3,5,7H,1,4,6,8-16H2,2H3/i1D. The lowest BCUT2D eigenvalue weighted by Crippen LogP contribution is -1.81. The molecule has 0 aromatic heterocycles. The van der Waals surface area contributed by atoms with Gasteiger partial charge < -0.3 is 0 Å². The van der Waals surface area contributed by atoms with E-state index >= 15 is 0 Å². The molecule has 0 unspecified atom stereocenters. The third kappa shape index (κ3) is 13.5. The first-order valence-corrected chi connectivity index (χ1v) is 7.12. The highest BCUT2D eigenvalue weighted by Crippen LogP contribution is 2.11. The van der Waals surface area contributed by atoms with Crippen molar-refractivity contribution in [1.82, 2.24) is 0 Å². The minimum Gasteiger partial charge on any atom is -0.0991 e. The number of hydrogen-bond acceptors (Lipinski definition) is 0. The summed E-state index contributed by atoms with van der Waals surface area (Å²) in [6.07, 6.45) is 21.1. The van der Waals surface area contributed by atoms with Gasteiger partial charge >= 0.3 is 0 Å². The van der Waals surface area contributed by atoms with Gasteiger partial charge in [0, 0.05) is 0 Å². The van der Waals surface area contributed by atoms with E-state index < -0.39 is 0 Å². The predicted octanol–water partition coefficient (Wildman–Crippen LogP) is 6.04. The van der Waals surface area contributed by atoms with Gasteiger partial charge in [0.25, 0.3) is 0 Å². The number of allylic oxidation sites excluding steroid dienone is 3. The Morgan fingerprint density at radius 3 is 2.00 bits per heavy atom. The van der Waals surface area contributed by atoms with E-state index in [0.29, 0.717) is 0 Å². The Kier molecular flexibility index (Phi) is 12.3. The molecule has 0 spiro atoms. The average Bonchev–Trinajstić information content (AvgIpc) is 2.35. The highest BCUT2D eigenvalue weighted by atomic mass is 14.0. The summed E-state index contributed by atoms with van der Waals surface area (Å²) in [4.78, 5) is 0. The number of hydrogen-bond donors (Lipinski definition) is 0. The van der Waals surface area contributed by atoms with E-state index in [2.05, 4.69) is 13.0 Å². The zero-order valence-electron chi connectivity index (χ0n) is 12.1. The van der Waals surface area contributed by atoms with E-state index in [1.54, 1.807) is 6.08 Å². The normalized spacial score (nSPS) is 12.7. The van der Waals surface area contributed by atoms with Crippen LogP contribution >= 0.6 is 0 Å². The summed E-state index contributed by atoms with van der Waals surface area (Å²) in [5.41, 5.74) is 0. The maximum atomic E-state index is 6.82. The third-order valence-electron chi connectivity index (χ3n) is 2.97. The van der Waals surface area contributed by atoms with Crippen molar-refractivity contribution in [2.24, 2.45) is 0 Å². The topological polar surface area (TPSA) is 0 Å². The third-order valence-corrected chi connectivity index (χ3v) is 2.97. The lowest BCUT2D eigenvalue weighted by molar-refractivity contribution is 0.557. The zero-order valence-corrected chi connectivity index (χ0v) is 11.1. The zero-order chi connectivity index (χ0) is 12.6. The smallest absolute Gasteiger partial charge is 0.0538 e. The van der Waals surface area contributed by atoms with E-state index in [9.17, 15) is 0 Å². The molecular formula is C16H30. The van der Waals surface area contributed by atoms with Crippen LogP contribution in [0.1, 0.15) is 78.9 Å². The van der Waals surface area contributed by atoms with Crippen LogP contribution in [0, 0.1) is 0 Å². The van der Waals surface area contributed by atoms with Crippen molar-refractivity contribution < 1.29 is 1.37 Å². The van der Waals surface area contributed by atoms with Gasteiger partial charge in [-0.2, -0.15) is 0 Å². The van der Waals surface area contributed by atoms with Gasteiger partial charge in [0.2, 0.25) is 0 Å². The molecule has 0 saturated carbocycles. The Morgan fingerprint density at radius 1 is 0.875 bits per heavy atom. The molecule has 0 aromatic carbocycles. The van der Waals surface area contributed by atoms with Gasteiger partial charge in [-0.1, -0.05) is 89.5 Å². The lowest BCUT2D eigenvalue weighted by Gasteiger charge is -2.01. The van der Waals surface area contributed by atoms with Crippen LogP contribution < -0.4 is 0 Å². The largest absolute Gasteiger partial charge is 0.0991 e. The fraction of sp³-hybridized carbons (Fsp3) is 0.750. The van der Waals surface area contributed by atoms with Crippen LogP contribution in [0.15, 0.2) is 24.8 Å². The Labute approximate surface area is 104 Å². The number of unbranched alkanes of at least 4 members (excludes halogenated alkanes) is 10. The Bertz CT molecular complexity index is 182. The predicted molar refractivity (Wildman–Crippen MR) is 75.8 cm³/mol. The molecule has 94 valence electrons. The molecule has 0 aliphatic carbocycles. The summed E-state index contributed by atoms with van der Waals surface area (Å²) in [5, 5.41) is 0. The van der Waals surface area contributed by atoms with Crippen LogP contribution in [-0.4, -0.2) is 0 Å². The van der Waals surface area contributed by atoms with Gasteiger partial charge in [0.05, 0.1) is 1.37 Å². The van der Waals surface area contributed by atoms with Crippen molar-refractivity contribution in [3.05, 3.63) is 24.8 Å². The van der Waals surface area contributed by atoms with Crippen LogP contribution in [-0.2, 0) is 0 Å². The maximum absolute atomic E-state index is 6.82. The van der Waals surface area contributed by atoms with Crippen LogP contribution in [0.4, 0.5) is 0 Å². The van der Waals surface area contributed by atoms with Crippen LogP contribution in [0.3, 0.4) is 0 Å². The summed E-state index contributed by atoms with van der Waals surface area (Å²) < 4.78 is 6.82. The van der Waals surface area contributed by atoms with Gasteiger partial charge in [-0.15, -0.1) is 0 Å². The average molecular weight is 223 g/mol. The molecule has 0 nitrogen and oxygen atoms in total. The second-order valence-electron chi connectivity index (χ2n) is 4.59. The first kappa shape index (κ1) is 13.5. The van der Waals surface area contributed by atoms with Crippen LogP contribution in [0.5, 0.6) is 0 Å². The summed E-state index contributed by atoms with van der Waals surface area (Å²) in [6.45, 7) is 3.60. The number of rotatable bonds is 12. The molecule has 0 aliphatic rings. The maximum Gasteiger partial charge on any atom is 0.0538 e. The molecule has 16 heavy (non-hydrogen) atoms. The van der Waals surface area contributed by atoms with Gasteiger partial charge in [-0.3, -0.25) is 0 Å². The summed E-state index contributed by atoms with van der Waals surface area (Å²) >= 11 is 0. The molecule has 0 aliphatic heterocycles. The van der Waals surface area contributed by atoms with E-state index in [0.717, 1.165) is 0 Å². The quantitative estimate of drug-likeness (QED) is 0.279. The molecular weight excluding hydrogens is 192 g/mol. The SMILES string of the molecule is [2H]C=CC=CCCCCCCCCCCCC. The molecule has 0 amide bonds. The van der Waals surface area contributed by atoms with Gasteiger partial charge in [0.15, 0.2) is 0 Å². The van der Waals surface area contributed by atoms with E-state index in [1.807, 2.05) is 6.08 Å². The molecule has 0 saturated heterocycles. The fourth-order valence-corrected chi connectivity index (χ4v) is 1.92. The van der Waals surface area contributed by atoms with Crippen molar-refractivity contribution in [3.8, 4) is 0 Å². The lowest BCUT2D eigenvalue weighted by atomic mass is 10.1. The highest BCUT2D eigenvalue weighted by Gasteiger charge is 1.91. The molecule has 0 heteroatoms. The van der Waals surface area contributed by atoms with Gasteiger partial charge in [-0.05, 0) is 12.8 Å². The fourth-order valence-electron chi connectivity index (χ4n) is 1.92. The van der Waals surface area contributed by atoms with Gasteiger partial charge in [0.1, 0.15) is 0 Å². The molecule has 0 N–H and O–H groups in total. The van der Waals surface area contributed by atoms with Crippen molar-refractivity contribution in [2.75, 3.05) is 0 Å². The van der Waals surface area contributed by atoms with Crippen molar-refractivity contribution in [2.45, 2.75) is 77.6 Å². The van der Waals surface area contributed by atoms with Crippen molar-refractivity contribution >= 4 is 0 Å². The summed E-state index contributed by atoms with van der Waals surface area (Å²) in [5.74, 6) is 0. The minimum atomic E-state index is 1.17.